The van der Waals surface area contributed by atoms with E-state index in [0.717, 1.165) is 0 Å². The van der Waals surface area contributed by atoms with E-state index in [2.05, 4.69) is 312 Å². The number of terminal acetylenes is 1. The van der Waals surface area contributed by atoms with Crippen molar-refractivity contribution in [1.82, 2.24) is 4.72 Å². The highest BCUT2D eigenvalue weighted by molar-refractivity contribution is 7.78. The molecule has 0 aliphatic carbocycles. The molecule has 1 nitrogen and oxygen atoms in total. The van der Waals surface area contributed by atoms with Gasteiger partial charge in [0.2, 0.25) is 0 Å². The third-order valence-electron chi connectivity index (χ3n) is 3.33. The molecule has 1 N–H and O–H groups in total. The minimum Gasteiger partial charge on any atom is -0.318 e. The van der Waals surface area contributed by atoms with Crippen LogP contribution < -0.4 is 4.72 Å². The van der Waals surface area contributed by atoms with E-state index in [9.17, 15) is 0 Å². The Kier molecular flexibility index (Phi) is 31.7. The van der Waals surface area contributed by atoms with E-state index in [0.29, 0.717) is 5.70 Å². The molecule has 0 aromatic carbocycles. The molecule has 0 aliphatic heterocycles. The van der Waals surface area contributed by atoms with Crippen molar-refractivity contribution in [3.05, 3.63) is 69.6 Å². The quantitative estimate of drug-likeness (QED) is 0.247. The highest BCUT2D eigenvalue weighted by Crippen LogP contribution is 1.82. The molecule has 0 saturated carbocycles. The molecule has 0 bridgehead atoms. The molecule has 0 fully saturated rings. The van der Waals surface area contributed by atoms with Crippen molar-refractivity contribution in [2.24, 2.45) is 0 Å². The van der Waals surface area contributed by atoms with Gasteiger partial charge in [-0.25, -0.2) is 0 Å². The topological polar surface area (TPSA) is 12.0 Å². The minimum atomic E-state index is 0.293. The fraction of sp³-hybridized carbons (Fsp3) is 0. The van der Waals surface area contributed by atoms with Crippen LogP contribution in [0.25, 0.3) is 0 Å². The summed E-state index contributed by atoms with van der Waals surface area (Å²) in [7, 11) is 0. The molecule has 0 rings (SSSR count). The SMILES string of the molecule is C#CC#CC#CC#CC#CC#CC#CC#CC#CC#CC#CC#CC#CC#CC#CC#CC#CC#CC#CC#CC(=C=C=C=C=C=C=C=C=C=C=C)NS. The van der Waals surface area contributed by atoms with E-state index >= 15 is 0 Å². The first-order valence-corrected chi connectivity index (χ1v) is 13.8. The summed E-state index contributed by atoms with van der Waals surface area (Å²) in [6.45, 7) is 3.32. The molecule has 0 heterocycles. The predicted molar refractivity (Wildman–Crippen MR) is 213 cm³/mol. The standard InChI is InChI=1S/C52H5NS/c1-3-5-7-9-11-13-14-15-16-17-18-19-20-21-22-23-24-25-26-27-28-29-30-31-32-33-34-35-36-37-38-39-40-41-43-45-47-49-51-52(53-54)50-48-46-44-42-12-10-8-6-4-2/h1,53-54H,2H2. The van der Waals surface area contributed by atoms with Crippen LogP contribution in [0.4, 0.5) is 0 Å². The summed E-state index contributed by atoms with van der Waals surface area (Å²) >= 11 is 3.92. The van der Waals surface area contributed by atoms with Crippen molar-refractivity contribution in [2.45, 2.75) is 0 Å². The van der Waals surface area contributed by atoms with Gasteiger partial charge in [-0.3, -0.25) is 0 Å². The van der Waals surface area contributed by atoms with Gasteiger partial charge in [-0.15, -0.1) is 6.42 Å². The maximum atomic E-state index is 4.94. The summed E-state index contributed by atoms with van der Waals surface area (Å²) in [5.74, 6) is 96.9. The molecule has 0 aromatic rings. The van der Waals surface area contributed by atoms with Gasteiger partial charge < -0.3 is 4.72 Å². The summed E-state index contributed by atoms with van der Waals surface area (Å²) < 4.78 is 2.52. The largest absolute Gasteiger partial charge is 0.318 e. The number of hydrogen-bond acceptors (Lipinski definition) is 2. The average molecular weight is 676 g/mol. The van der Waals surface area contributed by atoms with E-state index in [4.69, 9.17) is 6.42 Å². The molecule has 54 heavy (non-hydrogen) atoms. The maximum Gasteiger partial charge on any atom is 0.149 e. The normalized spacial score (nSPS) is 4.22. The Bertz CT molecular complexity index is 3330. The molecule has 224 valence electrons. The van der Waals surface area contributed by atoms with Crippen LogP contribution in [0.15, 0.2) is 69.6 Å². The molecular formula is C52H5NS. The monoisotopic (exact) mass is 675 g/mol. The molecular weight excluding hydrogens is 671 g/mol. The molecule has 0 radical (unpaired) electrons. The second-order valence-electron chi connectivity index (χ2n) is 6.68. The lowest BCUT2D eigenvalue weighted by molar-refractivity contribution is 1.34. The first-order valence-electron chi connectivity index (χ1n) is 13.4. The van der Waals surface area contributed by atoms with E-state index in [-0.39, 0.29) is 0 Å². The molecule has 0 atom stereocenters. The van der Waals surface area contributed by atoms with Crippen LogP contribution in [0.5, 0.6) is 0 Å². The lowest BCUT2D eigenvalue weighted by Gasteiger charge is -1.85. The van der Waals surface area contributed by atoms with Gasteiger partial charge in [-0.05, 0) is 159 Å². The van der Waals surface area contributed by atoms with E-state index < -0.39 is 0 Å². The lowest BCUT2D eigenvalue weighted by Crippen LogP contribution is -1.93. The fourth-order valence-corrected chi connectivity index (χ4v) is 1.75. The van der Waals surface area contributed by atoms with Crippen LogP contribution in [0.3, 0.4) is 0 Å². The summed E-state index contributed by atoms with van der Waals surface area (Å²) in [5, 5.41) is 0. The summed E-state index contributed by atoms with van der Waals surface area (Å²) in [6.07, 6.45) is 4.94. The fourth-order valence-electron chi connectivity index (χ4n) is 1.64. The van der Waals surface area contributed by atoms with Crippen LogP contribution in [0.1, 0.15) is 0 Å². The zero-order valence-electron chi connectivity index (χ0n) is 27.2. The maximum absolute atomic E-state index is 4.94. The van der Waals surface area contributed by atoms with E-state index in [1.165, 1.54) is 0 Å². The summed E-state index contributed by atoms with van der Waals surface area (Å²) in [5.41, 5.74) is 25.3. The minimum absolute atomic E-state index is 0.293. The molecule has 0 aromatic heterocycles. The van der Waals surface area contributed by atoms with Gasteiger partial charge in [0.05, 0.1) is 0 Å². The molecule has 2 heteroatoms. The Labute approximate surface area is 323 Å². The lowest BCUT2D eigenvalue weighted by atomic mass is 10.4. The van der Waals surface area contributed by atoms with Crippen molar-refractivity contribution >= 4 is 12.8 Å². The zero-order valence-corrected chi connectivity index (χ0v) is 28.1. The predicted octanol–water partition coefficient (Wildman–Crippen LogP) is 2.18. The molecule has 0 amide bonds. The van der Waals surface area contributed by atoms with Gasteiger partial charge >= 0.3 is 0 Å². The Hall–Kier alpha value is -11.1. The molecule has 0 unspecified atom stereocenters. The summed E-state index contributed by atoms with van der Waals surface area (Å²) in [4.78, 5) is 0. The molecule has 0 aliphatic rings. The first-order chi connectivity index (χ1) is 26.8. The van der Waals surface area contributed by atoms with Crippen molar-refractivity contribution in [3.63, 3.8) is 0 Å². The molecule has 0 spiro atoms. The van der Waals surface area contributed by atoms with Crippen molar-refractivity contribution in [1.29, 1.82) is 0 Å². The second kappa shape index (κ2) is 39.9. The number of nitrogens with one attached hydrogen (secondary N) is 1. The Morgan fingerprint density at radius 1 is 0.315 bits per heavy atom. The third-order valence-corrected chi connectivity index (χ3v) is 3.56. The average Bonchev–Trinajstić information content (AvgIpc) is 3.19. The van der Waals surface area contributed by atoms with Crippen LogP contribution in [-0.4, -0.2) is 0 Å². The van der Waals surface area contributed by atoms with Gasteiger partial charge in [-0.2, -0.15) is 0 Å². The van der Waals surface area contributed by atoms with Gasteiger partial charge in [0.1, 0.15) is 5.70 Å². The smallest absolute Gasteiger partial charge is 0.149 e. The number of rotatable bonds is 1. The highest BCUT2D eigenvalue weighted by Gasteiger charge is 1.79. The number of hydrogen-bond donors (Lipinski definition) is 2. The van der Waals surface area contributed by atoms with E-state index in [1.807, 2.05) is 0 Å². The van der Waals surface area contributed by atoms with Crippen molar-refractivity contribution in [3.8, 4) is 237 Å². The van der Waals surface area contributed by atoms with E-state index in [1.54, 1.807) is 0 Å². The van der Waals surface area contributed by atoms with Crippen LogP contribution >= 0.6 is 12.8 Å². The summed E-state index contributed by atoms with van der Waals surface area (Å²) in [6, 6.07) is 0. The van der Waals surface area contributed by atoms with Gasteiger partial charge in [-0.1, -0.05) is 18.5 Å². The Morgan fingerprint density at radius 3 is 0.778 bits per heavy atom. The van der Waals surface area contributed by atoms with Crippen LogP contribution in [0.2, 0.25) is 0 Å². The zero-order chi connectivity index (χ0) is 38.9. The van der Waals surface area contributed by atoms with Crippen molar-refractivity contribution in [2.75, 3.05) is 0 Å². The van der Waals surface area contributed by atoms with Crippen LogP contribution in [0, 0.1) is 237 Å². The Morgan fingerprint density at radius 2 is 0.537 bits per heavy atom. The van der Waals surface area contributed by atoms with Gasteiger partial charge in [0.15, 0.2) is 0 Å². The van der Waals surface area contributed by atoms with Crippen LogP contribution in [-0.2, 0) is 0 Å². The third kappa shape index (κ3) is 37.1. The molecule has 0 saturated heterocycles. The van der Waals surface area contributed by atoms with Crippen molar-refractivity contribution < 1.29 is 0 Å². The van der Waals surface area contributed by atoms with Gasteiger partial charge in [0.25, 0.3) is 0 Å². The second-order valence-corrected chi connectivity index (χ2v) is 6.91. The number of thiol groups is 1. The number of allylic oxidation sites excluding steroid dienone is 1. The Balaban J connectivity index is 4.82. The highest BCUT2D eigenvalue weighted by atomic mass is 32.1. The first kappa shape index (κ1) is 42.9. The van der Waals surface area contributed by atoms with Gasteiger partial charge in [0, 0.05) is 130 Å².